The summed E-state index contributed by atoms with van der Waals surface area (Å²) in [5, 5.41) is 8.79. The zero-order valence-electron chi connectivity index (χ0n) is 16.0. The number of aryl methyl sites for hydroxylation is 4. The van der Waals surface area contributed by atoms with Gasteiger partial charge in [0.1, 0.15) is 5.69 Å². The number of amides is 1. The molecule has 0 aromatic carbocycles. The second kappa shape index (κ2) is 7.26. The molecule has 4 rings (SSSR count). The zero-order chi connectivity index (χ0) is 19.0. The maximum atomic E-state index is 12.7. The van der Waals surface area contributed by atoms with E-state index in [9.17, 15) is 9.59 Å². The van der Waals surface area contributed by atoms with Gasteiger partial charge in [-0.2, -0.15) is 10.2 Å². The molecule has 1 amide bonds. The minimum Gasteiger partial charge on any atom is -0.335 e. The fourth-order valence-electron chi connectivity index (χ4n) is 3.98. The maximum absolute atomic E-state index is 12.7. The number of hydrogen-bond acceptors (Lipinski definition) is 5. The Bertz CT molecular complexity index is 907. The Labute approximate surface area is 158 Å². The van der Waals surface area contributed by atoms with E-state index in [-0.39, 0.29) is 11.5 Å². The predicted molar refractivity (Wildman–Crippen MR) is 101 cm³/mol. The number of carbonyl (C=O) groups is 1. The quantitative estimate of drug-likeness (QED) is 0.770. The molecule has 1 saturated heterocycles. The Balaban J connectivity index is 1.32. The summed E-state index contributed by atoms with van der Waals surface area (Å²) in [5.74, 6) is 0.0364. The molecule has 3 heterocycles. The highest BCUT2D eigenvalue weighted by atomic mass is 16.2. The van der Waals surface area contributed by atoms with Crippen LogP contribution in [0.5, 0.6) is 0 Å². The SMILES string of the molecule is Cc1cc(C(=O)N2CCN(CCn3nc4c(cc3=O)CCC4)CC2)n(C)n1. The van der Waals surface area contributed by atoms with Gasteiger partial charge in [0.05, 0.1) is 17.9 Å². The molecular formula is C19H26N6O2. The van der Waals surface area contributed by atoms with Crippen LogP contribution in [-0.4, -0.2) is 68.0 Å². The molecule has 8 nitrogen and oxygen atoms in total. The minimum absolute atomic E-state index is 0.00367. The van der Waals surface area contributed by atoms with Gasteiger partial charge in [-0.15, -0.1) is 0 Å². The molecule has 0 bridgehead atoms. The van der Waals surface area contributed by atoms with E-state index in [1.54, 1.807) is 22.5 Å². The number of carbonyl (C=O) groups excluding carboxylic acids is 1. The summed E-state index contributed by atoms with van der Waals surface area (Å²) in [5.41, 5.74) is 3.68. The van der Waals surface area contributed by atoms with Crippen molar-refractivity contribution in [1.29, 1.82) is 0 Å². The zero-order valence-corrected chi connectivity index (χ0v) is 16.0. The van der Waals surface area contributed by atoms with Gasteiger partial charge in [0, 0.05) is 45.8 Å². The van der Waals surface area contributed by atoms with Crippen molar-refractivity contribution in [3.05, 3.63) is 45.1 Å². The Morgan fingerprint density at radius 1 is 1.07 bits per heavy atom. The Morgan fingerprint density at radius 2 is 1.85 bits per heavy atom. The van der Waals surface area contributed by atoms with Gasteiger partial charge >= 0.3 is 0 Å². The predicted octanol–water partition coefficient (Wildman–Crippen LogP) is 0.232. The first kappa shape index (κ1) is 17.9. The summed E-state index contributed by atoms with van der Waals surface area (Å²) in [6.45, 7) is 6.26. The number of hydrogen-bond donors (Lipinski definition) is 0. The Morgan fingerprint density at radius 3 is 2.56 bits per heavy atom. The van der Waals surface area contributed by atoms with Crippen LogP contribution in [0.1, 0.15) is 33.9 Å². The van der Waals surface area contributed by atoms with E-state index in [1.807, 2.05) is 17.9 Å². The minimum atomic E-state index is -0.00367. The topological polar surface area (TPSA) is 76.3 Å². The van der Waals surface area contributed by atoms with Crippen LogP contribution in [0.4, 0.5) is 0 Å². The van der Waals surface area contributed by atoms with Gasteiger partial charge in [0.2, 0.25) is 0 Å². The van der Waals surface area contributed by atoms with E-state index in [4.69, 9.17) is 0 Å². The van der Waals surface area contributed by atoms with E-state index < -0.39 is 0 Å². The third-order valence-electron chi connectivity index (χ3n) is 5.53. The monoisotopic (exact) mass is 370 g/mol. The summed E-state index contributed by atoms with van der Waals surface area (Å²) in [6.07, 6.45) is 3.05. The molecule has 0 spiro atoms. The van der Waals surface area contributed by atoms with Gasteiger partial charge < -0.3 is 4.90 Å². The van der Waals surface area contributed by atoms with E-state index in [2.05, 4.69) is 15.1 Å². The molecule has 1 aliphatic carbocycles. The first-order valence-corrected chi connectivity index (χ1v) is 9.63. The first-order chi connectivity index (χ1) is 13.0. The molecule has 1 aliphatic heterocycles. The molecule has 2 aliphatic rings. The summed E-state index contributed by atoms with van der Waals surface area (Å²) in [6, 6.07) is 3.59. The second-order valence-electron chi connectivity index (χ2n) is 7.46. The summed E-state index contributed by atoms with van der Waals surface area (Å²) in [7, 11) is 1.80. The summed E-state index contributed by atoms with van der Waals surface area (Å²) >= 11 is 0. The van der Waals surface area contributed by atoms with Crippen LogP contribution in [0.3, 0.4) is 0 Å². The molecule has 1 fully saturated rings. The fraction of sp³-hybridized carbons (Fsp3) is 0.579. The van der Waals surface area contributed by atoms with Crippen LogP contribution in [0.25, 0.3) is 0 Å². The van der Waals surface area contributed by atoms with Crippen LogP contribution >= 0.6 is 0 Å². The molecular weight excluding hydrogens is 344 g/mol. The van der Waals surface area contributed by atoms with Crippen molar-refractivity contribution in [2.24, 2.45) is 7.05 Å². The summed E-state index contributed by atoms with van der Waals surface area (Å²) in [4.78, 5) is 29.0. The lowest BCUT2D eigenvalue weighted by molar-refractivity contribution is 0.0620. The molecule has 0 unspecified atom stereocenters. The largest absolute Gasteiger partial charge is 0.335 e. The van der Waals surface area contributed by atoms with Crippen molar-refractivity contribution in [1.82, 2.24) is 29.4 Å². The average molecular weight is 370 g/mol. The van der Waals surface area contributed by atoms with Crippen LogP contribution in [0.15, 0.2) is 16.9 Å². The van der Waals surface area contributed by atoms with Gasteiger partial charge in [-0.05, 0) is 37.8 Å². The Kier molecular flexibility index (Phi) is 4.82. The van der Waals surface area contributed by atoms with E-state index in [1.165, 1.54) is 0 Å². The molecule has 144 valence electrons. The molecule has 2 aromatic rings. The van der Waals surface area contributed by atoms with Crippen molar-refractivity contribution in [3.8, 4) is 0 Å². The van der Waals surface area contributed by atoms with Gasteiger partial charge in [-0.25, -0.2) is 4.68 Å². The van der Waals surface area contributed by atoms with Gasteiger partial charge in [-0.3, -0.25) is 19.2 Å². The van der Waals surface area contributed by atoms with Gasteiger partial charge in [0.25, 0.3) is 11.5 Å². The van der Waals surface area contributed by atoms with E-state index >= 15 is 0 Å². The van der Waals surface area contributed by atoms with Gasteiger partial charge in [-0.1, -0.05) is 0 Å². The fourth-order valence-corrected chi connectivity index (χ4v) is 3.98. The van der Waals surface area contributed by atoms with Crippen LogP contribution < -0.4 is 5.56 Å². The molecule has 8 heteroatoms. The van der Waals surface area contributed by atoms with Crippen molar-refractivity contribution < 1.29 is 4.79 Å². The van der Waals surface area contributed by atoms with E-state index in [0.29, 0.717) is 25.3 Å². The molecule has 0 radical (unpaired) electrons. The van der Waals surface area contributed by atoms with Crippen LogP contribution in [-0.2, 0) is 26.4 Å². The normalized spacial score (nSPS) is 17.3. The van der Waals surface area contributed by atoms with Gasteiger partial charge in [0.15, 0.2) is 0 Å². The van der Waals surface area contributed by atoms with Crippen molar-refractivity contribution in [2.75, 3.05) is 32.7 Å². The number of fused-ring (bicyclic) bond motifs is 1. The van der Waals surface area contributed by atoms with Crippen LogP contribution in [0, 0.1) is 6.92 Å². The standard InChI is InChI=1S/C19H26N6O2/c1-14-12-17(22(2)20-14)19(27)24-9-6-23(7-10-24)8-11-25-18(26)13-15-4-3-5-16(15)21-25/h12-13H,3-11H2,1-2H3. The van der Waals surface area contributed by atoms with E-state index in [0.717, 1.165) is 55.8 Å². The number of nitrogens with zero attached hydrogens (tertiary/aromatic N) is 6. The molecule has 0 saturated carbocycles. The highest BCUT2D eigenvalue weighted by Crippen LogP contribution is 2.17. The third kappa shape index (κ3) is 3.66. The smallest absolute Gasteiger partial charge is 0.272 e. The third-order valence-corrected chi connectivity index (χ3v) is 5.53. The van der Waals surface area contributed by atoms with Crippen molar-refractivity contribution >= 4 is 5.91 Å². The first-order valence-electron chi connectivity index (χ1n) is 9.63. The molecule has 27 heavy (non-hydrogen) atoms. The highest BCUT2D eigenvalue weighted by Gasteiger charge is 2.24. The molecule has 2 aromatic heterocycles. The molecule has 0 atom stereocenters. The Hall–Kier alpha value is -2.48. The summed E-state index contributed by atoms with van der Waals surface area (Å²) < 4.78 is 3.25. The molecule has 0 N–H and O–H groups in total. The second-order valence-corrected chi connectivity index (χ2v) is 7.46. The number of aromatic nitrogens is 4. The highest BCUT2D eigenvalue weighted by molar-refractivity contribution is 5.92. The lowest BCUT2D eigenvalue weighted by Gasteiger charge is -2.34. The van der Waals surface area contributed by atoms with Crippen LogP contribution in [0.2, 0.25) is 0 Å². The number of rotatable bonds is 4. The lowest BCUT2D eigenvalue weighted by atomic mass is 10.2. The van der Waals surface area contributed by atoms with Crippen molar-refractivity contribution in [3.63, 3.8) is 0 Å². The lowest BCUT2D eigenvalue weighted by Crippen LogP contribution is -2.50. The average Bonchev–Trinajstić information content (AvgIpc) is 3.24. The maximum Gasteiger partial charge on any atom is 0.272 e. The van der Waals surface area contributed by atoms with Crippen molar-refractivity contribution in [2.45, 2.75) is 32.7 Å². The number of piperazine rings is 1.